The number of unbranched alkanes of at least 4 members (excludes halogenated alkanes) is 24. The van der Waals surface area contributed by atoms with Gasteiger partial charge in [0.25, 0.3) is 0 Å². The van der Waals surface area contributed by atoms with E-state index < -0.39 is 0 Å². The summed E-state index contributed by atoms with van der Waals surface area (Å²) in [6, 6.07) is 0. The first-order chi connectivity index (χ1) is 18.1. The third-order valence-electron chi connectivity index (χ3n) is 8.44. The molecule has 1 N–H and O–H groups in total. The van der Waals surface area contributed by atoms with Crippen LogP contribution < -0.4 is 5.32 Å². The zero-order valence-corrected chi connectivity index (χ0v) is 26.9. The summed E-state index contributed by atoms with van der Waals surface area (Å²) < 4.78 is 1.21. The molecule has 224 valence electrons. The van der Waals surface area contributed by atoms with E-state index >= 15 is 0 Å². The van der Waals surface area contributed by atoms with Gasteiger partial charge in [-0.3, -0.25) is 0 Å². The molecular formula is C35H75N2+. The third kappa shape index (κ3) is 32.0. The van der Waals surface area contributed by atoms with Gasteiger partial charge in [0.15, 0.2) is 0 Å². The maximum Gasteiger partial charge on any atom is 0.0794 e. The smallest absolute Gasteiger partial charge is 0.0794 e. The highest BCUT2D eigenvalue weighted by molar-refractivity contribution is 4.53. The monoisotopic (exact) mass is 524 g/mol. The molecular weight excluding hydrogens is 448 g/mol. The number of nitrogens with zero attached hydrogens (tertiary/aromatic N) is 1. The summed E-state index contributed by atoms with van der Waals surface area (Å²) in [5.41, 5.74) is 0. The first kappa shape index (κ1) is 36.9. The highest BCUT2D eigenvalue weighted by Crippen LogP contribution is 2.14. The summed E-state index contributed by atoms with van der Waals surface area (Å²) in [5.74, 6) is 0. The van der Waals surface area contributed by atoms with Crippen molar-refractivity contribution in [3.8, 4) is 0 Å². The highest BCUT2D eigenvalue weighted by atomic mass is 15.3. The molecule has 2 heteroatoms. The van der Waals surface area contributed by atoms with Crippen molar-refractivity contribution in [2.75, 3.05) is 40.3 Å². The Hall–Kier alpha value is -0.0800. The summed E-state index contributed by atoms with van der Waals surface area (Å²) in [6.45, 7) is 9.72. The van der Waals surface area contributed by atoms with E-state index in [4.69, 9.17) is 0 Å². The van der Waals surface area contributed by atoms with Crippen molar-refractivity contribution in [1.29, 1.82) is 0 Å². The van der Waals surface area contributed by atoms with Gasteiger partial charge in [-0.15, -0.1) is 0 Å². The second kappa shape index (κ2) is 30.5. The molecule has 0 aliphatic carbocycles. The lowest BCUT2D eigenvalue weighted by Gasteiger charge is -2.30. The quantitative estimate of drug-likeness (QED) is 0.0682. The Bertz CT molecular complexity index is 406. The molecule has 0 spiro atoms. The molecule has 2 nitrogen and oxygen atoms in total. The Kier molecular flexibility index (Phi) is 30.4. The van der Waals surface area contributed by atoms with Crippen LogP contribution in [0.3, 0.4) is 0 Å². The molecule has 0 fully saturated rings. The number of rotatable bonds is 32. The SMILES string of the molecule is CCCCCCCCCCCCCCCCNCCC[N+](C)(C)CCCCCCCCCCCCCC. The fourth-order valence-electron chi connectivity index (χ4n) is 5.69. The number of hydrogen-bond acceptors (Lipinski definition) is 1. The molecule has 0 bridgehead atoms. The molecule has 0 amide bonds. The first-order valence-corrected chi connectivity index (χ1v) is 17.6. The van der Waals surface area contributed by atoms with Gasteiger partial charge < -0.3 is 9.80 Å². The van der Waals surface area contributed by atoms with Crippen molar-refractivity contribution >= 4 is 0 Å². The minimum absolute atomic E-state index is 1.21. The number of nitrogens with one attached hydrogen (secondary N) is 1. The van der Waals surface area contributed by atoms with Crippen LogP contribution in [0.5, 0.6) is 0 Å². The average molecular weight is 524 g/mol. The fraction of sp³-hybridized carbons (Fsp3) is 1.00. The molecule has 0 heterocycles. The van der Waals surface area contributed by atoms with Crippen LogP contribution in [0.15, 0.2) is 0 Å². The molecule has 0 unspecified atom stereocenters. The predicted octanol–water partition coefficient (Wildman–Crippen LogP) is 11.2. The molecule has 0 rings (SSSR count). The van der Waals surface area contributed by atoms with Gasteiger partial charge in [-0.25, -0.2) is 0 Å². The van der Waals surface area contributed by atoms with Gasteiger partial charge in [-0.1, -0.05) is 162 Å². The van der Waals surface area contributed by atoms with Crippen LogP contribution in [0.1, 0.15) is 187 Å². The van der Waals surface area contributed by atoms with E-state index in [2.05, 4.69) is 33.3 Å². The molecule has 0 aliphatic heterocycles. The maximum absolute atomic E-state index is 3.71. The summed E-state index contributed by atoms with van der Waals surface area (Å²) in [7, 11) is 4.87. The van der Waals surface area contributed by atoms with Crippen LogP contribution in [-0.4, -0.2) is 44.8 Å². The van der Waals surface area contributed by atoms with Crippen LogP contribution in [0, 0.1) is 0 Å². The predicted molar refractivity (Wildman–Crippen MR) is 171 cm³/mol. The van der Waals surface area contributed by atoms with Crippen LogP contribution in [0.25, 0.3) is 0 Å². The number of quaternary nitrogens is 1. The average Bonchev–Trinajstić information content (AvgIpc) is 2.88. The van der Waals surface area contributed by atoms with Gasteiger partial charge in [0, 0.05) is 13.0 Å². The Morgan fingerprint density at radius 2 is 0.595 bits per heavy atom. The van der Waals surface area contributed by atoms with E-state index in [-0.39, 0.29) is 0 Å². The van der Waals surface area contributed by atoms with Crippen molar-refractivity contribution in [1.82, 2.24) is 5.32 Å². The maximum atomic E-state index is 3.71. The zero-order valence-electron chi connectivity index (χ0n) is 26.9. The summed E-state index contributed by atoms with van der Waals surface area (Å²) in [5, 5.41) is 3.71. The van der Waals surface area contributed by atoms with Gasteiger partial charge in [0.2, 0.25) is 0 Å². The molecule has 0 saturated carbocycles. The minimum Gasteiger partial charge on any atom is -0.328 e. The van der Waals surface area contributed by atoms with Crippen LogP contribution in [0.4, 0.5) is 0 Å². The van der Waals surface area contributed by atoms with Crippen molar-refractivity contribution in [2.45, 2.75) is 187 Å². The van der Waals surface area contributed by atoms with Crippen LogP contribution >= 0.6 is 0 Å². The lowest BCUT2D eigenvalue weighted by Crippen LogP contribution is -2.42. The fourth-order valence-corrected chi connectivity index (χ4v) is 5.69. The Labute approximate surface area is 237 Å². The van der Waals surface area contributed by atoms with Gasteiger partial charge in [-0.05, 0) is 25.8 Å². The third-order valence-corrected chi connectivity index (χ3v) is 8.44. The lowest BCUT2D eigenvalue weighted by molar-refractivity contribution is -0.890. The minimum atomic E-state index is 1.21. The Morgan fingerprint density at radius 3 is 0.973 bits per heavy atom. The normalized spacial score (nSPS) is 12.0. The van der Waals surface area contributed by atoms with Gasteiger partial charge in [0.05, 0.1) is 27.2 Å². The molecule has 0 aliphatic rings. The molecule has 37 heavy (non-hydrogen) atoms. The van der Waals surface area contributed by atoms with Crippen molar-refractivity contribution in [3.05, 3.63) is 0 Å². The van der Waals surface area contributed by atoms with E-state index in [1.807, 2.05) is 0 Å². The van der Waals surface area contributed by atoms with Crippen LogP contribution in [0.2, 0.25) is 0 Å². The van der Waals surface area contributed by atoms with Gasteiger partial charge in [0.1, 0.15) is 0 Å². The van der Waals surface area contributed by atoms with Gasteiger partial charge in [-0.2, -0.15) is 0 Å². The van der Waals surface area contributed by atoms with E-state index in [0.29, 0.717) is 0 Å². The number of hydrogen-bond donors (Lipinski definition) is 1. The largest absolute Gasteiger partial charge is 0.328 e. The molecule has 0 radical (unpaired) electrons. The Morgan fingerprint density at radius 1 is 0.324 bits per heavy atom. The van der Waals surface area contributed by atoms with Crippen molar-refractivity contribution in [2.24, 2.45) is 0 Å². The zero-order chi connectivity index (χ0) is 27.1. The second-order valence-corrected chi connectivity index (χ2v) is 13.0. The molecule has 0 aromatic carbocycles. The molecule has 0 aromatic rings. The van der Waals surface area contributed by atoms with E-state index in [0.717, 1.165) is 0 Å². The molecule has 0 aromatic heterocycles. The lowest BCUT2D eigenvalue weighted by atomic mass is 10.0. The van der Waals surface area contributed by atoms with E-state index in [1.165, 1.54) is 204 Å². The van der Waals surface area contributed by atoms with Crippen LogP contribution in [-0.2, 0) is 0 Å². The standard InChI is InChI=1S/C35H75N2/c1-5-7-9-11-13-15-17-19-20-21-23-25-27-29-32-36-33-31-35-37(3,4)34-30-28-26-24-22-18-16-14-12-10-8-6-2/h36H,5-35H2,1-4H3/q+1. The summed E-state index contributed by atoms with van der Waals surface area (Å²) in [4.78, 5) is 0. The topological polar surface area (TPSA) is 12.0 Å². The highest BCUT2D eigenvalue weighted by Gasteiger charge is 2.13. The first-order valence-electron chi connectivity index (χ1n) is 17.6. The molecule has 0 saturated heterocycles. The molecule has 0 atom stereocenters. The van der Waals surface area contributed by atoms with Crippen molar-refractivity contribution in [3.63, 3.8) is 0 Å². The Balaban J connectivity index is 3.26. The second-order valence-electron chi connectivity index (χ2n) is 13.0. The van der Waals surface area contributed by atoms with Crippen molar-refractivity contribution < 1.29 is 4.48 Å². The van der Waals surface area contributed by atoms with E-state index in [1.54, 1.807) is 0 Å². The van der Waals surface area contributed by atoms with Gasteiger partial charge >= 0.3 is 0 Å². The summed E-state index contributed by atoms with van der Waals surface area (Å²) >= 11 is 0. The summed E-state index contributed by atoms with van der Waals surface area (Å²) in [6.07, 6.45) is 39.0. The van der Waals surface area contributed by atoms with E-state index in [9.17, 15) is 0 Å².